The van der Waals surface area contributed by atoms with Gasteiger partial charge < -0.3 is 10.2 Å². The molecule has 2 amide bonds. The van der Waals surface area contributed by atoms with Gasteiger partial charge in [0.05, 0.1) is 11.6 Å². The van der Waals surface area contributed by atoms with E-state index < -0.39 is 0 Å². The highest BCUT2D eigenvalue weighted by molar-refractivity contribution is 7.08. The van der Waals surface area contributed by atoms with E-state index in [9.17, 15) is 9.59 Å². The van der Waals surface area contributed by atoms with E-state index in [-0.39, 0.29) is 17.7 Å². The summed E-state index contributed by atoms with van der Waals surface area (Å²) < 4.78 is 3.93. The van der Waals surface area contributed by atoms with Gasteiger partial charge in [0.25, 0.3) is 5.91 Å². The van der Waals surface area contributed by atoms with Crippen molar-refractivity contribution in [3.05, 3.63) is 70.7 Å². The number of hydrogen-bond donors (Lipinski definition) is 1. The van der Waals surface area contributed by atoms with Gasteiger partial charge >= 0.3 is 0 Å². The molecule has 1 aromatic heterocycles. The van der Waals surface area contributed by atoms with Crippen LogP contribution in [0.2, 0.25) is 0 Å². The van der Waals surface area contributed by atoms with Crippen LogP contribution >= 0.6 is 11.5 Å². The van der Waals surface area contributed by atoms with Crippen LogP contribution in [0.5, 0.6) is 0 Å². The van der Waals surface area contributed by atoms with Gasteiger partial charge in [-0.1, -0.05) is 66.0 Å². The molecular formula is C23H24N4O2S. The topological polar surface area (TPSA) is 75.2 Å². The first-order valence-corrected chi connectivity index (χ1v) is 11.0. The van der Waals surface area contributed by atoms with Crippen LogP contribution in [0.4, 0.5) is 0 Å². The number of amides is 2. The Kier molecular flexibility index (Phi) is 6.18. The van der Waals surface area contributed by atoms with E-state index in [4.69, 9.17) is 0 Å². The first-order chi connectivity index (χ1) is 14.7. The summed E-state index contributed by atoms with van der Waals surface area (Å²) in [5, 5.41) is 7.00. The molecule has 0 spiro atoms. The van der Waals surface area contributed by atoms with Crippen LogP contribution in [0.3, 0.4) is 0 Å². The minimum absolute atomic E-state index is 0.00409. The summed E-state index contributed by atoms with van der Waals surface area (Å²) in [5.74, 6) is -0.372. The third kappa shape index (κ3) is 4.41. The first-order valence-electron chi connectivity index (χ1n) is 10.2. The Bertz CT molecular complexity index is 1020. The van der Waals surface area contributed by atoms with Crippen molar-refractivity contribution in [3.63, 3.8) is 0 Å². The number of carbonyl (C=O) groups excluding carboxylic acids is 2. The van der Waals surface area contributed by atoms with Gasteiger partial charge in [0.2, 0.25) is 5.91 Å². The molecular weight excluding hydrogens is 396 g/mol. The Morgan fingerprint density at radius 3 is 2.60 bits per heavy atom. The normalized spacial score (nSPS) is 16.8. The molecule has 6 nitrogen and oxygen atoms in total. The lowest BCUT2D eigenvalue weighted by atomic mass is 9.96. The molecule has 1 atom stereocenters. The maximum absolute atomic E-state index is 13.0. The van der Waals surface area contributed by atoms with Crippen molar-refractivity contribution in [1.29, 1.82) is 0 Å². The number of hydrogen-bond acceptors (Lipinski definition) is 5. The Hall–Kier alpha value is -3.06. The van der Waals surface area contributed by atoms with Crippen molar-refractivity contribution in [1.82, 2.24) is 19.8 Å². The molecule has 2 aromatic carbocycles. The molecule has 4 rings (SSSR count). The Morgan fingerprint density at radius 2 is 1.87 bits per heavy atom. The Labute approximate surface area is 180 Å². The van der Waals surface area contributed by atoms with Crippen molar-refractivity contribution in [2.75, 3.05) is 19.6 Å². The van der Waals surface area contributed by atoms with E-state index in [1.54, 1.807) is 4.90 Å². The number of carbonyl (C=O) groups is 2. The van der Waals surface area contributed by atoms with E-state index in [1.165, 1.54) is 0 Å². The summed E-state index contributed by atoms with van der Waals surface area (Å²) in [5.41, 5.74) is 4.11. The van der Waals surface area contributed by atoms with Gasteiger partial charge in [0, 0.05) is 19.6 Å². The van der Waals surface area contributed by atoms with E-state index in [1.807, 2.05) is 25.1 Å². The molecule has 30 heavy (non-hydrogen) atoms. The van der Waals surface area contributed by atoms with Crippen LogP contribution in [0.15, 0.2) is 54.6 Å². The van der Waals surface area contributed by atoms with Gasteiger partial charge in [-0.2, -0.15) is 0 Å². The summed E-state index contributed by atoms with van der Waals surface area (Å²) in [6, 6.07) is 18.5. The SMILES string of the molecule is CCc1nnsc1C(=O)N1CCNC(=O)C(Cc2ccc(-c3ccccc3)cc2)C1. The number of nitrogens with zero attached hydrogens (tertiary/aromatic N) is 3. The Morgan fingerprint density at radius 1 is 1.13 bits per heavy atom. The molecule has 0 saturated carbocycles. The average Bonchev–Trinajstić information content (AvgIpc) is 3.19. The number of aryl methyl sites for hydroxylation is 1. The van der Waals surface area contributed by atoms with Gasteiger partial charge in [-0.05, 0) is 41.1 Å². The van der Waals surface area contributed by atoms with Gasteiger partial charge in [-0.25, -0.2) is 0 Å². The predicted octanol–water partition coefficient (Wildman–Crippen LogP) is 3.20. The standard InChI is InChI=1S/C23H24N4O2S/c1-2-20-21(30-26-25-20)23(29)27-13-12-24-22(28)19(15-27)14-16-8-10-18(11-9-16)17-6-4-3-5-7-17/h3-11,19H,2,12-15H2,1H3,(H,24,28). The smallest absolute Gasteiger partial charge is 0.267 e. The summed E-state index contributed by atoms with van der Waals surface area (Å²) >= 11 is 1.13. The van der Waals surface area contributed by atoms with Crippen molar-refractivity contribution < 1.29 is 9.59 Å². The van der Waals surface area contributed by atoms with Gasteiger partial charge in [0.1, 0.15) is 4.88 Å². The molecule has 3 aromatic rings. The van der Waals surface area contributed by atoms with E-state index in [0.717, 1.165) is 33.9 Å². The van der Waals surface area contributed by atoms with Gasteiger partial charge in [0.15, 0.2) is 0 Å². The van der Waals surface area contributed by atoms with Crippen LogP contribution in [0.25, 0.3) is 11.1 Å². The second kappa shape index (κ2) is 9.17. The highest BCUT2D eigenvalue weighted by atomic mass is 32.1. The zero-order valence-electron chi connectivity index (χ0n) is 16.9. The molecule has 1 N–H and O–H groups in total. The molecule has 0 radical (unpaired) electrons. The number of benzene rings is 2. The van der Waals surface area contributed by atoms with Crippen molar-refractivity contribution in [2.24, 2.45) is 5.92 Å². The third-order valence-corrected chi connectivity index (χ3v) is 6.16. The second-order valence-corrected chi connectivity index (χ2v) is 8.16. The maximum atomic E-state index is 13.0. The quantitative estimate of drug-likeness (QED) is 0.688. The summed E-state index contributed by atoms with van der Waals surface area (Å²) in [6.45, 7) is 3.31. The predicted molar refractivity (Wildman–Crippen MR) is 117 cm³/mol. The summed E-state index contributed by atoms with van der Waals surface area (Å²) in [7, 11) is 0. The van der Waals surface area contributed by atoms with Crippen molar-refractivity contribution >= 4 is 23.3 Å². The second-order valence-electron chi connectivity index (χ2n) is 7.41. The lowest BCUT2D eigenvalue weighted by Gasteiger charge is -2.23. The van der Waals surface area contributed by atoms with Gasteiger partial charge in [-0.15, -0.1) is 5.10 Å². The molecule has 1 fully saturated rings. The van der Waals surface area contributed by atoms with Crippen LogP contribution in [0.1, 0.15) is 27.9 Å². The average molecular weight is 421 g/mol. The molecule has 1 aliphatic rings. The fourth-order valence-electron chi connectivity index (χ4n) is 3.73. The first kappa shape index (κ1) is 20.2. The van der Waals surface area contributed by atoms with Crippen molar-refractivity contribution in [3.8, 4) is 11.1 Å². The van der Waals surface area contributed by atoms with Crippen LogP contribution in [-0.2, 0) is 17.6 Å². The van der Waals surface area contributed by atoms with Gasteiger partial charge in [-0.3, -0.25) is 9.59 Å². The van der Waals surface area contributed by atoms with Crippen LogP contribution in [-0.4, -0.2) is 45.9 Å². The molecule has 0 bridgehead atoms. The van der Waals surface area contributed by atoms with E-state index in [0.29, 0.717) is 37.4 Å². The minimum Gasteiger partial charge on any atom is -0.354 e. The van der Waals surface area contributed by atoms with Crippen molar-refractivity contribution in [2.45, 2.75) is 19.8 Å². The fraction of sp³-hybridized carbons (Fsp3) is 0.304. The maximum Gasteiger partial charge on any atom is 0.267 e. The zero-order valence-corrected chi connectivity index (χ0v) is 17.7. The van der Waals surface area contributed by atoms with E-state index in [2.05, 4.69) is 51.3 Å². The zero-order chi connectivity index (χ0) is 20.9. The summed E-state index contributed by atoms with van der Waals surface area (Å²) in [6.07, 6.45) is 1.26. The molecule has 154 valence electrons. The van der Waals surface area contributed by atoms with E-state index >= 15 is 0 Å². The molecule has 1 aliphatic heterocycles. The third-order valence-electron chi connectivity index (χ3n) is 5.41. The molecule has 0 aliphatic carbocycles. The fourth-order valence-corrected chi connectivity index (χ4v) is 4.45. The minimum atomic E-state index is -0.287. The number of nitrogens with one attached hydrogen (secondary N) is 1. The molecule has 7 heteroatoms. The monoisotopic (exact) mass is 420 g/mol. The molecule has 1 saturated heterocycles. The lowest BCUT2D eigenvalue weighted by Crippen LogP contribution is -2.37. The highest BCUT2D eigenvalue weighted by Gasteiger charge is 2.30. The largest absolute Gasteiger partial charge is 0.354 e. The number of aromatic nitrogens is 2. The Balaban J connectivity index is 1.48. The highest BCUT2D eigenvalue weighted by Crippen LogP contribution is 2.22. The number of rotatable bonds is 5. The molecule has 2 heterocycles. The lowest BCUT2D eigenvalue weighted by molar-refractivity contribution is -0.124. The summed E-state index contributed by atoms with van der Waals surface area (Å²) in [4.78, 5) is 28.0. The van der Waals surface area contributed by atoms with Crippen LogP contribution < -0.4 is 5.32 Å². The van der Waals surface area contributed by atoms with Crippen LogP contribution in [0, 0.1) is 5.92 Å². The molecule has 1 unspecified atom stereocenters.